The van der Waals surface area contributed by atoms with Crippen molar-refractivity contribution in [2.24, 2.45) is 0 Å². The zero-order valence-corrected chi connectivity index (χ0v) is 7.76. The van der Waals surface area contributed by atoms with Crippen LogP contribution in [0, 0.1) is 0 Å². The van der Waals surface area contributed by atoms with Gasteiger partial charge in [0.15, 0.2) is 0 Å². The molecule has 0 radical (unpaired) electrons. The number of benzene rings is 1. The van der Waals surface area contributed by atoms with Crippen LogP contribution < -0.4 is 10.1 Å². The van der Waals surface area contributed by atoms with Gasteiger partial charge in [-0.1, -0.05) is 0 Å². The van der Waals surface area contributed by atoms with E-state index in [2.05, 4.69) is 24.4 Å². The summed E-state index contributed by atoms with van der Waals surface area (Å²) < 4.78 is 5.53. The summed E-state index contributed by atoms with van der Waals surface area (Å²) >= 11 is 0. The fraction of sp³-hybridized carbons (Fsp3) is 0.455. The zero-order chi connectivity index (χ0) is 8.84. The number of fused-ring (bicyclic) bond motifs is 2. The van der Waals surface area contributed by atoms with E-state index in [4.69, 9.17) is 4.74 Å². The maximum Gasteiger partial charge on any atom is 0.123 e. The van der Waals surface area contributed by atoms with Crippen LogP contribution >= 0.6 is 0 Å². The average molecular weight is 175 g/mol. The molecule has 0 aromatic heterocycles. The average Bonchev–Trinajstić information content (AvgIpc) is 2.63. The van der Waals surface area contributed by atoms with E-state index in [9.17, 15) is 0 Å². The second-order valence-electron chi connectivity index (χ2n) is 3.97. The minimum Gasteiger partial charge on any atom is -0.493 e. The molecular formula is C11H13NO. The highest BCUT2D eigenvalue weighted by atomic mass is 16.5. The Kier molecular flexibility index (Phi) is 1.34. The van der Waals surface area contributed by atoms with Gasteiger partial charge in [-0.25, -0.2) is 0 Å². The first-order valence-electron chi connectivity index (χ1n) is 4.88. The molecule has 0 fully saturated rings. The van der Waals surface area contributed by atoms with E-state index >= 15 is 0 Å². The van der Waals surface area contributed by atoms with Crippen molar-refractivity contribution < 1.29 is 4.74 Å². The lowest BCUT2D eigenvalue weighted by molar-refractivity contribution is 0.356. The molecule has 2 heterocycles. The lowest BCUT2D eigenvalue weighted by Gasteiger charge is -2.04. The minimum absolute atomic E-state index is 0.581. The molecule has 0 bridgehead atoms. The molecule has 1 aromatic carbocycles. The first-order valence-corrected chi connectivity index (χ1v) is 4.88. The molecule has 2 heteroatoms. The third kappa shape index (κ3) is 1.01. The van der Waals surface area contributed by atoms with Gasteiger partial charge in [0, 0.05) is 18.2 Å². The quantitative estimate of drug-likeness (QED) is 0.651. The van der Waals surface area contributed by atoms with Gasteiger partial charge in [0.25, 0.3) is 0 Å². The van der Waals surface area contributed by atoms with Gasteiger partial charge in [-0.3, -0.25) is 0 Å². The SMILES string of the molecule is CC1Cc2cc3c(cc2N1)CCO3. The molecule has 2 aliphatic rings. The first kappa shape index (κ1) is 7.25. The van der Waals surface area contributed by atoms with Crippen molar-refractivity contribution in [2.45, 2.75) is 25.8 Å². The van der Waals surface area contributed by atoms with E-state index in [0.717, 1.165) is 25.2 Å². The van der Waals surface area contributed by atoms with Gasteiger partial charge in [0.1, 0.15) is 5.75 Å². The first-order chi connectivity index (χ1) is 6.33. The molecule has 2 nitrogen and oxygen atoms in total. The Hall–Kier alpha value is -1.18. The molecule has 1 aromatic rings. The van der Waals surface area contributed by atoms with Gasteiger partial charge in [0.05, 0.1) is 6.61 Å². The zero-order valence-electron chi connectivity index (χ0n) is 7.76. The molecule has 1 N–H and O–H groups in total. The molecule has 13 heavy (non-hydrogen) atoms. The van der Waals surface area contributed by atoms with Crippen LogP contribution in [0.2, 0.25) is 0 Å². The Morgan fingerprint density at radius 1 is 1.38 bits per heavy atom. The van der Waals surface area contributed by atoms with Crippen LogP contribution in [0.25, 0.3) is 0 Å². The predicted octanol–water partition coefficient (Wildman–Crippen LogP) is 1.98. The smallest absolute Gasteiger partial charge is 0.123 e. The lowest BCUT2D eigenvalue weighted by Crippen LogP contribution is -2.08. The molecule has 0 saturated heterocycles. The third-order valence-electron chi connectivity index (χ3n) is 2.84. The number of hydrogen-bond acceptors (Lipinski definition) is 2. The molecule has 3 rings (SSSR count). The van der Waals surface area contributed by atoms with E-state index in [0.29, 0.717) is 6.04 Å². The summed E-state index contributed by atoms with van der Waals surface area (Å²) in [5.74, 6) is 1.11. The van der Waals surface area contributed by atoms with Crippen molar-refractivity contribution in [1.82, 2.24) is 0 Å². The molecule has 1 atom stereocenters. The third-order valence-corrected chi connectivity index (χ3v) is 2.84. The predicted molar refractivity (Wildman–Crippen MR) is 52.4 cm³/mol. The van der Waals surface area contributed by atoms with Crippen molar-refractivity contribution >= 4 is 5.69 Å². The molecule has 68 valence electrons. The normalized spacial score (nSPS) is 23.3. The molecular weight excluding hydrogens is 162 g/mol. The monoisotopic (exact) mass is 175 g/mol. The summed E-state index contributed by atoms with van der Waals surface area (Å²) in [7, 11) is 0. The van der Waals surface area contributed by atoms with Crippen molar-refractivity contribution in [3.05, 3.63) is 23.3 Å². The van der Waals surface area contributed by atoms with Crippen LogP contribution in [0.3, 0.4) is 0 Å². The summed E-state index contributed by atoms with van der Waals surface area (Å²) in [6.45, 7) is 3.07. The topological polar surface area (TPSA) is 21.3 Å². The van der Waals surface area contributed by atoms with Gasteiger partial charge in [-0.05, 0) is 36.6 Å². The van der Waals surface area contributed by atoms with Crippen LogP contribution in [0.1, 0.15) is 18.1 Å². The van der Waals surface area contributed by atoms with Crippen molar-refractivity contribution in [3.8, 4) is 5.75 Å². The number of ether oxygens (including phenoxy) is 1. The van der Waals surface area contributed by atoms with E-state index in [1.54, 1.807) is 0 Å². The van der Waals surface area contributed by atoms with Crippen LogP contribution in [-0.4, -0.2) is 12.6 Å². The molecule has 0 saturated carbocycles. The van der Waals surface area contributed by atoms with Crippen LogP contribution in [0.5, 0.6) is 5.75 Å². The highest BCUT2D eigenvalue weighted by Gasteiger charge is 2.21. The lowest BCUT2D eigenvalue weighted by atomic mass is 10.1. The summed E-state index contributed by atoms with van der Waals surface area (Å²) in [4.78, 5) is 0. The number of nitrogens with one attached hydrogen (secondary N) is 1. The summed E-state index contributed by atoms with van der Waals surface area (Å²) in [5, 5.41) is 3.47. The molecule has 2 aliphatic heterocycles. The van der Waals surface area contributed by atoms with Gasteiger partial charge in [-0.15, -0.1) is 0 Å². The van der Waals surface area contributed by atoms with Crippen LogP contribution in [0.4, 0.5) is 5.69 Å². The van der Waals surface area contributed by atoms with E-state index in [-0.39, 0.29) is 0 Å². The van der Waals surface area contributed by atoms with Gasteiger partial charge < -0.3 is 10.1 Å². The second-order valence-corrected chi connectivity index (χ2v) is 3.97. The van der Waals surface area contributed by atoms with E-state index in [1.165, 1.54) is 16.8 Å². The molecule has 0 aliphatic carbocycles. The number of anilines is 1. The summed E-state index contributed by atoms with van der Waals surface area (Å²) in [6, 6.07) is 5.03. The Labute approximate surface area is 77.9 Å². The highest BCUT2D eigenvalue weighted by Crippen LogP contribution is 2.35. The Morgan fingerprint density at radius 3 is 3.23 bits per heavy atom. The van der Waals surface area contributed by atoms with Crippen molar-refractivity contribution in [2.75, 3.05) is 11.9 Å². The van der Waals surface area contributed by atoms with Gasteiger partial charge in [0.2, 0.25) is 0 Å². The summed E-state index contributed by atoms with van der Waals surface area (Å²) in [5.41, 5.74) is 4.09. The maximum absolute atomic E-state index is 5.53. The van der Waals surface area contributed by atoms with Gasteiger partial charge >= 0.3 is 0 Å². The number of hydrogen-bond donors (Lipinski definition) is 1. The van der Waals surface area contributed by atoms with Crippen LogP contribution in [-0.2, 0) is 12.8 Å². The fourth-order valence-corrected chi connectivity index (χ4v) is 2.22. The molecule has 1 unspecified atom stereocenters. The Balaban J connectivity index is 2.10. The fourth-order valence-electron chi connectivity index (χ4n) is 2.22. The van der Waals surface area contributed by atoms with Crippen molar-refractivity contribution in [3.63, 3.8) is 0 Å². The number of rotatable bonds is 0. The highest BCUT2D eigenvalue weighted by molar-refractivity contribution is 5.62. The largest absolute Gasteiger partial charge is 0.493 e. The van der Waals surface area contributed by atoms with Crippen LogP contribution in [0.15, 0.2) is 12.1 Å². The second kappa shape index (κ2) is 2.41. The maximum atomic E-state index is 5.53. The minimum atomic E-state index is 0.581. The molecule has 0 spiro atoms. The molecule has 0 amide bonds. The standard InChI is InChI=1S/C11H13NO/c1-7-4-9-6-11-8(2-3-13-11)5-10(9)12-7/h5-7,12H,2-4H2,1H3. The van der Waals surface area contributed by atoms with E-state index in [1.807, 2.05) is 0 Å². The van der Waals surface area contributed by atoms with Gasteiger partial charge in [-0.2, -0.15) is 0 Å². The Bertz CT molecular complexity index is 326. The Morgan fingerprint density at radius 2 is 2.31 bits per heavy atom. The van der Waals surface area contributed by atoms with E-state index < -0.39 is 0 Å². The van der Waals surface area contributed by atoms with Crippen molar-refractivity contribution in [1.29, 1.82) is 0 Å². The summed E-state index contributed by atoms with van der Waals surface area (Å²) in [6.07, 6.45) is 2.20.